The minimum atomic E-state index is 0. The van der Waals surface area contributed by atoms with Crippen molar-refractivity contribution < 1.29 is 17.3 Å². The topological polar surface area (TPSA) is 4.44 Å². The van der Waals surface area contributed by atoms with Crippen LogP contribution in [0.4, 0.5) is 0 Å². The highest BCUT2D eigenvalue weighted by molar-refractivity contribution is 5.85. The van der Waals surface area contributed by atoms with Gasteiger partial charge in [-0.05, 0) is 48.9 Å². The van der Waals surface area contributed by atoms with Gasteiger partial charge in [-0.25, -0.2) is 0 Å². The Morgan fingerprint density at radius 2 is 1.00 bits per heavy atom. The molecule has 2 aromatic rings. The van der Waals surface area contributed by atoms with Crippen LogP contribution in [-0.4, -0.2) is 20.1 Å². The van der Waals surface area contributed by atoms with Gasteiger partial charge in [0.1, 0.15) is 0 Å². The molecular formula is C31H52ClN. The van der Waals surface area contributed by atoms with Crippen LogP contribution in [0.2, 0.25) is 0 Å². The van der Waals surface area contributed by atoms with Gasteiger partial charge in [-0.1, -0.05) is 126 Å². The quantitative estimate of drug-likeness (QED) is 0.253. The molecule has 0 fully saturated rings. The molecule has 0 saturated heterocycles. The summed E-state index contributed by atoms with van der Waals surface area (Å²) in [5, 5.41) is 2.84. The molecule has 1 N–H and O–H groups in total. The molecule has 0 heterocycles. The smallest absolute Gasteiger partial charge is 0.0768 e. The lowest BCUT2D eigenvalue weighted by atomic mass is 9.99. The van der Waals surface area contributed by atoms with Crippen molar-refractivity contribution in [1.29, 1.82) is 0 Å². The Labute approximate surface area is 212 Å². The van der Waals surface area contributed by atoms with Crippen LogP contribution in [0.25, 0.3) is 10.8 Å². The van der Waals surface area contributed by atoms with E-state index in [0.717, 1.165) is 0 Å². The first-order valence-electron chi connectivity index (χ1n) is 14.1. The molecule has 0 spiro atoms. The average Bonchev–Trinajstić information content (AvgIpc) is 2.83. The highest BCUT2D eigenvalue weighted by Gasteiger charge is 2.01. The summed E-state index contributed by atoms with van der Waals surface area (Å²) in [5.41, 5.74) is 1.53. The Morgan fingerprint density at radius 1 is 0.545 bits per heavy atom. The van der Waals surface area contributed by atoms with Gasteiger partial charge in [0.05, 0.1) is 20.1 Å². The van der Waals surface area contributed by atoms with E-state index in [1.165, 1.54) is 139 Å². The van der Waals surface area contributed by atoms with E-state index in [4.69, 9.17) is 0 Å². The van der Waals surface area contributed by atoms with Crippen LogP contribution >= 0.6 is 0 Å². The third-order valence-electron chi connectivity index (χ3n) is 7.28. The van der Waals surface area contributed by atoms with E-state index in [2.05, 4.69) is 56.4 Å². The zero-order valence-electron chi connectivity index (χ0n) is 21.9. The van der Waals surface area contributed by atoms with Gasteiger partial charge in [0, 0.05) is 0 Å². The zero-order chi connectivity index (χ0) is 22.7. The van der Waals surface area contributed by atoms with Crippen molar-refractivity contribution in [1.82, 2.24) is 0 Å². The van der Waals surface area contributed by atoms with Gasteiger partial charge in [-0.2, -0.15) is 0 Å². The minimum absolute atomic E-state index is 0. The summed E-state index contributed by atoms with van der Waals surface area (Å²) in [5.74, 6) is 0. The lowest BCUT2D eigenvalue weighted by molar-refractivity contribution is -0.877. The Balaban J connectivity index is 0.00000544. The van der Waals surface area contributed by atoms with Crippen LogP contribution in [0.5, 0.6) is 0 Å². The molecule has 188 valence electrons. The number of nitrogens with one attached hydrogen (secondary N) is 1. The number of benzene rings is 2. The predicted molar refractivity (Wildman–Crippen MR) is 144 cm³/mol. The molecule has 0 bridgehead atoms. The van der Waals surface area contributed by atoms with E-state index in [1.807, 2.05) is 0 Å². The first kappa shape index (κ1) is 30.0. The summed E-state index contributed by atoms with van der Waals surface area (Å²) >= 11 is 0. The number of fused-ring (bicyclic) bond motifs is 1. The van der Waals surface area contributed by atoms with Gasteiger partial charge in [-0.3, -0.25) is 0 Å². The summed E-state index contributed by atoms with van der Waals surface area (Å²) in [6, 6.07) is 15.6. The van der Waals surface area contributed by atoms with Gasteiger partial charge in [-0.15, -0.1) is 0 Å². The van der Waals surface area contributed by atoms with E-state index in [0.29, 0.717) is 0 Å². The van der Waals surface area contributed by atoms with Crippen LogP contribution in [-0.2, 0) is 6.42 Å². The fourth-order valence-electron chi connectivity index (χ4n) is 4.90. The molecule has 1 nitrogen and oxygen atoms in total. The lowest BCUT2D eigenvalue weighted by Crippen LogP contribution is -3.08. The van der Waals surface area contributed by atoms with Crippen molar-refractivity contribution in [3.05, 3.63) is 48.0 Å². The molecule has 1 unspecified atom stereocenters. The number of quaternary nitrogens is 1. The number of unbranched alkanes of at least 4 members (excludes halogenated alkanes) is 15. The highest BCUT2D eigenvalue weighted by Crippen LogP contribution is 2.21. The number of halogens is 1. The number of rotatable bonds is 20. The van der Waals surface area contributed by atoms with E-state index in [-0.39, 0.29) is 12.4 Å². The van der Waals surface area contributed by atoms with Crippen LogP contribution < -0.4 is 17.3 Å². The molecule has 0 saturated carbocycles. The van der Waals surface area contributed by atoms with Gasteiger partial charge in [0.25, 0.3) is 0 Å². The van der Waals surface area contributed by atoms with Crippen LogP contribution in [0, 0.1) is 0 Å². The number of aryl methyl sites for hydroxylation is 1. The second kappa shape index (κ2) is 20.3. The van der Waals surface area contributed by atoms with Gasteiger partial charge < -0.3 is 17.3 Å². The third-order valence-corrected chi connectivity index (χ3v) is 7.28. The van der Waals surface area contributed by atoms with Crippen LogP contribution in [0.15, 0.2) is 42.5 Å². The third kappa shape index (κ3) is 14.1. The Kier molecular flexibility index (Phi) is 18.5. The van der Waals surface area contributed by atoms with E-state index >= 15 is 0 Å². The number of hydrogen-bond acceptors (Lipinski definition) is 0. The van der Waals surface area contributed by atoms with E-state index in [9.17, 15) is 0 Å². The van der Waals surface area contributed by atoms with Crippen LogP contribution in [0.1, 0.15) is 115 Å². The fraction of sp³-hybridized carbons (Fsp3) is 0.677. The maximum absolute atomic E-state index is 2.32. The molecule has 1 atom stereocenters. The molecule has 33 heavy (non-hydrogen) atoms. The van der Waals surface area contributed by atoms with Crippen molar-refractivity contribution in [2.24, 2.45) is 0 Å². The average molecular weight is 474 g/mol. The summed E-state index contributed by atoms with van der Waals surface area (Å²) < 4.78 is 0. The normalized spacial score (nSPS) is 12.1. The Morgan fingerprint density at radius 3 is 1.55 bits per heavy atom. The van der Waals surface area contributed by atoms with Crippen molar-refractivity contribution >= 4 is 10.8 Å². The largest absolute Gasteiger partial charge is 1.00 e. The first-order chi connectivity index (χ1) is 15.8. The second-order valence-corrected chi connectivity index (χ2v) is 10.1. The van der Waals surface area contributed by atoms with Crippen molar-refractivity contribution in [2.75, 3.05) is 20.1 Å². The summed E-state index contributed by atoms with van der Waals surface area (Å²) in [6.45, 7) is 4.92. The molecule has 2 rings (SSSR count). The molecule has 0 aliphatic carbocycles. The van der Waals surface area contributed by atoms with Crippen LogP contribution in [0.3, 0.4) is 0 Å². The minimum Gasteiger partial charge on any atom is -1.00 e. The summed E-state index contributed by atoms with van der Waals surface area (Å²) in [7, 11) is 2.31. The fourth-order valence-corrected chi connectivity index (χ4v) is 4.90. The van der Waals surface area contributed by atoms with E-state index < -0.39 is 0 Å². The highest BCUT2D eigenvalue weighted by atomic mass is 35.5. The molecular weight excluding hydrogens is 422 g/mol. The molecule has 0 radical (unpaired) electrons. The SMILES string of the molecule is CC[NH+](C)CCCCCCCCCCCCCCCCCCc1cccc2ccccc12.[Cl-]. The van der Waals surface area contributed by atoms with Gasteiger partial charge in [0.2, 0.25) is 0 Å². The molecule has 0 amide bonds. The van der Waals surface area contributed by atoms with Crippen molar-refractivity contribution in [3.8, 4) is 0 Å². The lowest BCUT2D eigenvalue weighted by Gasteiger charge is -2.10. The standard InChI is InChI=1S/C31H51N.ClH/c1-3-32(2)28-21-17-15-13-11-9-7-5-4-6-8-10-12-14-16-18-23-29-25-22-26-30-24-19-20-27-31(29)30;/h19-20,22,24-27H,3-18,21,23,28H2,1-2H3;1H. The summed E-state index contributed by atoms with van der Waals surface area (Å²) in [4.78, 5) is 1.68. The molecule has 2 heteroatoms. The van der Waals surface area contributed by atoms with Gasteiger partial charge >= 0.3 is 0 Å². The molecule has 0 aromatic heterocycles. The predicted octanol–water partition coefficient (Wildman–Crippen LogP) is 5.16. The van der Waals surface area contributed by atoms with E-state index in [1.54, 1.807) is 4.90 Å². The number of hydrogen-bond donors (Lipinski definition) is 1. The first-order valence-corrected chi connectivity index (χ1v) is 14.1. The Hall–Kier alpha value is -1.05. The Bertz CT molecular complexity index is 693. The second-order valence-electron chi connectivity index (χ2n) is 10.1. The summed E-state index contributed by atoms with van der Waals surface area (Å²) in [6.07, 6.45) is 24.3. The molecule has 2 aromatic carbocycles. The van der Waals surface area contributed by atoms with Gasteiger partial charge in [0.15, 0.2) is 0 Å². The maximum atomic E-state index is 2.32. The molecule has 0 aliphatic heterocycles. The monoisotopic (exact) mass is 473 g/mol. The van der Waals surface area contributed by atoms with Crippen molar-refractivity contribution in [2.45, 2.75) is 116 Å². The van der Waals surface area contributed by atoms with Crippen molar-refractivity contribution in [3.63, 3.8) is 0 Å². The maximum Gasteiger partial charge on any atom is 0.0768 e. The molecule has 0 aliphatic rings. The zero-order valence-corrected chi connectivity index (χ0v) is 22.6.